The third-order valence-electron chi connectivity index (χ3n) is 1.86. The average molecular weight is 257 g/mol. The number of aromatic nitrogens is 2. The van der Waals surface area contributed by atoms with Crippen molar-refractivity contribution < 1.29 is 0 Å². The molecule has 0 spiro atoms. The number of benzene rings is 1. The normalized spacial score (nSPS) is 10.3. The van der Waals surface area contributed by atoms with Crippen molar-refractivity contribution in [2.45, 2.75) is 0 Å². The first-order valence-corrected chi connectivity index (χ1v) is 5.34. The standard InChI is InChI=1S/C10H6Cl2N2S/c11-6-1-2-7(8(12)5-6)10-13-4-3-9(15)14-10/h1-5H,(H,13,14,15). The lowest BCUT2D eigenvalue weighted by molar-refractivity contribution is 1.16. The smallest absolute Gasteiger partial charge is 0.139 e. The van der Waals surface area contributed by atoms with E-state index >= 15 is 0 Å². The van der Waals surface area contributed by atoms with Crippen LogP contribution in [0.15, 0.2) is 30.5 Å². The van der Waals surface area contributed by atoms with Crippen LogP contribution in [0, 0.1) is 4.64 Å². The molecule has 1 aromatic heterocycles. The molecule has 0 atom stereocenters. The lowest BCUT2D eigenvalue weighted by Crippen LogP contribution is -1.88. The van der Waals surface area contributed by atoms with Crippen LogP contribution in [0.1, 0.15) is 0 Å². The number of hydrogen-bond acceptors (Lipinski definition) is 2. The van der Waals surface area contributed by atoms with Crippen LogP contribution in [0.2, 0.25) is 10.0 Å². The number of hydrogen-bond donors (Lipinski definition) is 1. The molecular formula is C10H6Cl2N2S. The second kappa shape index (κ2) is 4.31. The minimum Gasteiger partial charge on any atom is -0.331 e. The Bertz CT molecular complexity index is 551. The van der Waals surface area contributed by atoms with Crippen molar-refractivity contribution in [1.82, 2.24) is 9.97 Å². The Morgan fingerprint density at radius 3 is 2.67 bits per heavy atom. The van der Waals surface area contributed by atoms with Gasteiger partial charge in [0.25, 0.3) is 0 Å². The molecule has 1 heterocycles. The predicted octanol–water partition coefficient (Wildman–Crippen LogP) is 4.11. The highest BCUT2D eigenvalue weighted by atomic mass is 35.5. The summed E-state index contributed by atoms with van der Waals surface area (Å²) in [7, 11) is 0. The van der Waals surface area contributed by atoms with Crippen molar-refractivity contribution in [2.75, 3.05) is 0 Å². The topological polar surface area (TPSA) is 28.7 Å². The largest absolute Gasteiger partial charge is 0.331 e. The molecule has 5 heteroatoms. The summed E-state index contributed by atoms with van der Waals surface area (Å²) in [5.41, 5.74) is 0.785. The van der Waals surface area contributed by atoms with Crippen LogP contribution in [-0.4, -0.2) is 9.97 Å². The lowest BCUT2D eigenvalue weighted by Gasteiger charge is -2.03. The molecule has 0 saturated heterocycles. The highest BCUT2D eigenvalue weighted by molar-refractivity contribution is 7.71. The second-order valence-electron chi connectivity index (χ2n) is 2.91. The number of nitrogens with zero attached hydrogens (tertiary/aromatic N) is 1. The Hall–Kier alpha value is -0.900. The van der Waals surface area contributed by atoms with Crippen molar-refractivity contribution in [3.8, 4) is 11.4 Å². The van der Waals surface area contributed by atoms with Gasteiger partial charge in [0.05, 0.1) is 5.02 Å². The SMILES string of the molecule is S=c1ccnc(-c2ccc(Cl)cc2Cl)[nH]1. The third-order valence-corrected chi connectivity index (χ3v) is 2.64. The molecule has 0 amide bonds. The van der Waals surface area contributed by atoms with E-state index in [-0.39, 0.29) is 0 Å². The number of rotatable bonds is 1. The Morgan fingerprint density at radius 2 is 2.00 bits per heavy atom. The molecule has 1 N–H and O–H groups in total. The van der Waals surface area contributed by atoms with Gasteiger partial charge in [-0.3, -0.25) is 0 Å². The molecule has 0 unspecified atom stereocenters. The summed E-state index contributed by atoms with van der Waals surface area (Å²) < 4.78 is 0.617. The van der Waals surface area contributed by atoms with Gasteiger partial charge in [-0.15, -0.1) is 0 Å². The summed E-state index contributed by atoms with van der Waals surface area (Å²) in [4.78, 5) is 7.11. The molecule has 1 aromatic carbocycles. The van der Waals surface area contributed by atoms with Gasteiger partial charge in [0, 0.05) is 16.8 Å². The van der Waals surface area contributed by atoms with E-state index in [1.165, 1.54) is 0 Å². The first-order chi connectivity index (χ1) is 7.16. The van der Waals surface area contributed by atoms with Crippen molar-refractivity contribution in [3.05, 3.63) is 45.1 Å². The van der Waals surface area contributed by atoms with Gasteiger partial charge >= 0.3 is 0 Å². The maximum absolute atomic E-state index is 6.04. The van der Waals surface area contributed by atoms with E-state index in [1.807, 2.05) is 0 Å². The van der Waals surface area contributed by atoms with Crippen molar-refractivity contribution in [1.29, 1.82) is 0 Å². The summed E-state index contributed by atoms with van der Waals surface area (Å²) in [5.74, 6) is 0.643. The number of aromatic amines is 1. The third kappa shape index (κ3) is 2.37. The van der Waals surface area contributed by atoms with E-state index in [0.717, 1.165) is 5.56 Å². The minimum absolute atomic E-state index is 0.548. The van der Waals surface area contributed by atoms with Crippen molar-refractivity contribution >= 4 is 35.4 Å². The van der Waals surface area contributed by atoms with E-state index in [1.54, 1.807) is 30.5 Å². The quantitative estimate of drug-likeness (QED) is 0.778. The van der Waals surface area contributed by atoms with Crippen LogP contribution in [0.4, 0.5) is 0 Å². The zero-order chi connectivity index (χ0) is 10.8. The molecule has 0 fully saturated rings. The number of nitrogens with one attached hydrogen (secondary N) is 1. The van der Waals surface area contributed by atoms with Crippen LogP contribution in [0.5, 0.6) is 0 Å². The fourth-order valence-corrected chi connectivity index (χ4v) is 1.84. The van der Waals surface area contributed by atoms with Gasteiger partial charge in [-0.25, -0.2) is 4.98 Å². The van der Waals surface area contributed by atoms with Gasteiger partial charge in [-0.2, -0.15) is 0 Å². The molecule has 2 nitrogen and oxygen atoms in total. The second-order valence-corrected chi connectivity index (χ2v) is 4.19. The molecule has 0 aliphatic carbocycles. The summed E-state index contributed by atoms with van der Waals surface area (Å²) in [6, 6.07) is 6.94. The van der Waals surface area contributed by atoms with Crippen LogP contribution < -0.4 is 0 Å². The molecule has 76 valence electrons. The van der Waals surface area contributed by atoms with Gasteiger partial charge in [0.1, 0.15) is 10.5 Å². The molecule has 2 rings (SSSR count). The van der Waals surface area contributed by atoms with E-state index in [4.69, 9.17) is 35.4 Å². The Balaban J connectivity index is 2.59. The van der Waals surface area contributed by atoms with Gasteiger partial charge < -0.3 is 4.98 Å². The molecular weight excluding hydrogens is 251 g/mol. The lowest BCUT2D eigenvalue weighted by atomic mass is 10.2. The first kappa shape index (κ1) is 10.6. The van der Waals surface area contributed by atoms with Crippen LogP contribution >= 0.6 is 35.4 Å². The highest BCUT2D eigenvalue weighted by Gasteiger charge is 2.05. The van der Waals surface area contributed by atoms with Gasteiger partial charge in [-0.05, 0) is 24.3 Å². The van der Waals surface area contributed by atoms with Gasteiger partial charge in [0.2, 0.25) is 0 Å². The molecule has 0 bridgehead atoms. The maximum Gasteiger partial charge on any atom is 0.139 e. The fraction of sp³-hybridized carbons (Fsp3) is 0. The zero-order valence-electron chi connectivity index (χ0n) is 7.50. The van der Waals surface area contributed by atoms with E-state index in [0.29, 0.717) is 20.5 Å². The Kier molecular flexibility index (Phi) is 3.05. The fourth-order valence-electron chi connectivity index (χ4n) is 1.19. The number of H-pyrrole nitrogens is 1. The van der Waals surface area contributed by atoms with Crippen LogP contribution in [0.3, 0.4) is 0 Å². The minimum atomic E-state index is 0.548. The van der Waals surface area contributed by atoms with Crippen LogP contribution in [-0.2, 0) is 0 Å². The average Bonchev–Trinajstić information content (AvgIpc) is 2.17. The van der Waals surface area contributed by atoms with Crippen LogP contribution in [0.25, 0.3) is 11.4 Å². The highest BCUT2D eigenvalue weighted by Crippen LogP contribution is 2.27. The molecule has 0 aliphatic heterocycles. The molecule has 2 aromatic rings. The van der Waals surface area contributed by atoms with E-state index < -0.39 is 0 Å². The summed E-state index contributed by atoms with van der Waals surface area (Å²) in [6.45, 7) is 0. The van der Waals surface area contributed by atoms with Crippen molar-refractivity contribution in [3.63, 3.8) is 0 Å². The molecule has 15 heavy (non-hydrogen) atoms. The zero-order valence-corrected chi connectivity index (χ0v) is 9.83. The maximum atomic E-state index is 6.04. The van der Waals surface area contributed by atoms with E-state index in [9.17, 15) is 0 Å². The molecule has 0 aliphatic rings. The summed E-state index contributed by atoms with van der Waals surface area (Å²) in [6.07, 6.45) is 1.64. The Labute approximate surface area is 102 Å². The molecule has 0 radical (unpaired) electrons. The summed E-state index contributed by atoms with van der Waals surface area (Å²) in [5, 5.41) is 1.14. The van der Waals surface area contributed by atoms with Gasteiger partial charge in [-0.1, -0.05) is 35.4 Å². The summed E-state index contributed by atoms with van der Waals surface area (Å²) >= 11 is 16.8. The Morgan fingerprint density at radius 1 is 1.20 bits per heavy atom. The van der Waals surface area contributed by atoms with Crippen molar-refractivity contribution in [2.24, 2.45) is 0 Å². The monoisotopic (exact) mass is 256 g/mol. The first-order valence-electron chi connectivity index (χ1n) is 4.17. The van der Waals surface area contributed by atoms with E-state index in [2.05, 4.69) is 9.97 Å². The van der Waals surface area contributed by atoms with Gasteiger partial charge in [0.15, 0.2) is 0 Å². The molecule has 0 saturated carbocycles. The predicted molar refractivity (Wildman–Crippen MR) is 64.9 cm³/mol. The number of halogens is 2.